The molecule has 1 aromatic rings. The number of sulfone groups is 1. The summed E-state index contributed by atoms with van der Waals surface area (Å²) in [5, 5.41) is 8.58. The third kappa shape index (κ3) is 4.06. The fraction of sp³-hybridized carbons (Fsp3) is 0.385. The van der Waals surface area contributed by atoms with Crippen LogP contribution in [0.15, 0.2) is 29.2 Å². The van der Waals surface area contributed by atoms with Crippen LogP contribution in [0.3, 0.4) is 0 Å². The molecule has 0 aliphatic heterocycles. The molecule has 0 bridgehead atoms. The number of hydrogen-bond donors (Lipinski definition) is 1. The Bertz CT molecular complexity index is 609. The molecule has 7 heteroatoms. The van der Waals surface area contributed by atoms with E-state index < -0.39 is 21.7 Å². The van der Waals surface area contributed by atoms with Crippen molar-refractivity contribution in [2.45, 2.75) is 18.2 Å². The first-order chi connectivity index (χ1) is 9.27. The van der Waals surface area contributed by atoms with Gasteiger partial charge in [-0.1, -0.05) is 13.0 Å². The average molecular weight is 299 g/mol. The lowest BCUT2D eigenvalue weighted by atomic mass is 10.2. The van der Waals surface area contributed by atoms with Crippen LogP contribution < -0.4 is 0 Å². The van der Waals surface area contributed by atoms with Crippen LogP contribution >= 0.6 is 0 Å². The maximum Gasteiger partial charge on any atom is 0.305 e. The highest BCUT2D eigenvalue weighted by Gasteiger charge is 2.17. The van der Waals surface area contributed by atoms with Gasteiger partial charge in [0.15, 0.2) is 9.84 Å². The molecule has 1 amide bonds. The molecule has 0 aromatic heterocycles. The summed E-state index contributed by atoms with van der Waals surface area (Å²) in [4.78, 5) is 23.9. The van der Waals surface area contributed by atoms with Gasteiger partial charge in [-0.25, -0.2) is 8.42 Å². The maximum atomic E-state index is 12.1. The Balaban J connectivity index is 2.95. The molecule has 0 heterocycles. The zero-order valence-electron chi connectivity index (χ0n) is 11.4. The lowest BCUT2D eigenvalue weighted by Crippen LogP contribution is -2.29. The second-order valence-corrected chi connectivity index (χ2v) is 6.58. The van der Waals surface area contributed by atoms with Crippen molar-refractivity contribution in [3.63, 3.8) is 0 Å². The summed E-state index contributed by atoms with van der Waals surface area (Å²) in [6.45, 7) is 1.60. The van der Waals surface area contributed by atoms with Crippen molar-refractivity contribution in [3.05, 3.63) is 29.8 Å². The van der Waals surface area contributed by atoms with E-state index in [0.717, 1.165) is 0 Å². The topological polar surface area (TPSA) is 91.8 Å². The minimum Gasteiger partial charge on any atom is -0.481 e. The number of aliphatic carboxylic acids is 1. The van der Waals surface area contributed by atoms with Gasteiger partial charge in [-0.2, -0.15) is 0 Å². The standard InChI is InChI=1S/C13H17NO5S/c1-3-20(18,19)11-6-4-5-10(9-11)13(17)14(2)8-7-12(15)16/h4-6,9H,3,7-8H2,1-2H3,(H,15,16). The van der Waals surface area contributed by atoms with Gasteiger partial charge in [0, 0.05) is 19.2 Å². The normalized spacial score (nSPS) is 11.1. The lowest BCUT2D eigenvalue weighted by Gasteiger charge is -2.16. The van der Waals surface area contributed by atoms with Crippen LogP contribution in [0.2, 0.25) is 0 Å². The monoisotopic (exact) mass is 299 g/mol. The first-order valence-corrected chi connectivity index (χ1v) is 7.73. The van der Waals surface area contributed by atoms with Crippen LogP contribution in [0, 0.1) is 0 Å². The highest BCUT2D eigenvalue weighted by Crippen LogP contribution is 2.14. The van der Waals surface area contributed by atoms with Gasteiger partial charge in [0.2, 0.25) is 0 Å². The molecule has 1 aromatic carbocycles. The van der Waals surface area contributed by atoms with E-state index in [1.807, 2.05) is 0 Å². The predicted octanol–water partition coefficient (Wildman–Crippen LogP) is 1.03. The number of rotatable bonds is 6. The molecule has 0 saturated heterocycles. The highest BCUT2D eigenvalue weighted by atomic mass is 32.2. The summed E-state index contributed by atoms with van der Waals surface area (Å²) in [5.41, 5.74) is 0.229. The fourth-order valence-corrected chi connectivity index (χ4v) is 2.50. The van der Waals surface area contributed by atoms with E-state index in [9.17, 15) is 18.0 Å². The van der Waals surface area contributed by atoms with Gasteiger partial charge < -0.3 is 10.0 Å². The maximum absolute atomic E-state index is 12.1. The molecule has 0 aliphatic rings. The van der Waals surface area contributed by atoms with Crippen LogP contribution in [-0.4, -0.2) is 49.6 Å². The molecule has 20 heavy (non-hydrogen) atoms. The number of benzene rings is 1. The van der Waals surface area contributed by atoms with Crippen molar-refractivity contribution in [1.82, 2.24) is 4.90 Å². The molecule has 6 nitrogen and oxygen atoms in total. The summed E-state index contributed by atoms with van der Waals surface area (Å²) in [6, 6.07) is 5.76. The zero-order chi connectivity index (χ0) is 15.3. The second kappa shape index (κ2) is 6.51. The molecule has 0 radical (unpaired) electrons. The molecular formula is C13H17NO5S. The molecule has 0 fully saturated rings. The van der Waals surface area contributed by atoms with E-state index in [1.54, 1.807) is 0 Å². The van der Waals surface area contributed by atoms with Gasteiger partial charge in [0.1, 0.15) is 0 Å². The van der Waals surface area contributed by atoms with Crippen LogP contribution in [0.5, 0.6) is 0 Å². The number of carboxylic acids is 1. The van der Waals surface area contributed by atoms with Gasteiger partial charge in [-0.3, -0.25) is 9.59 Å². The molecular weight excluding hydrogens is 282 g/mol. The Hall–Kier alpha value is -1.89. The first kappa shape index (κ1) is 16.2. The van der Waals surface area contributed by atoms with Crippen molar-refractivity contribution in [1.29, 1.82) is 0 Å². The summed E-state index contributed by atoms with van der Waals surface area (Å²) < 4.78 is 23.5. The van der Waals surface area contributed by atoms with E-state index >= 15 is 0 Å². The van der Waals surface area contributed by atoms with Crippen molar-refractivity contribution >= 4 is 21.7 Å². The van der Waals surface area contributed by atoms with Crippen LogP contribution in [-0.2, 0) is 14.6 Å². The van der Waals surface area contributed by atoms with Gasteiger partial charge >= 0.3 is 5.97 Å². The molecule has 0 atom stereocenters. The Labute approximate surface area is 117 Å². The van der Waals surface area contributed by atoms with E-state index in [4.69, 9.17) is 5.11 Å². The minimum atomic E-state index is -3.37. The lowest BCUT2D eigenvalue weighted by molar-refractivity contribution is -0.137. The fourth-order valence-electron chi connectivity index (χ4n) is 1.57. The van der Waals surface area contributed by atoms with Gasteiger partial charge in [0.05, 0.1) is 17.1 Å². The first-order valence-electron chi connectivity index (χ1n) is 6.08. The van der Waals surface area contributed by atoms with E-state index in [0.29, 0.717) is 0 Å². The second-order valence-electron chi connectivity index (χ2n) is 4.30. The van der Waals surface area contributed by atoms with Crippen LogP contribution in [0.25, 0.3) is 0 Å². The molecule has 1 N–H and O–H groups in total. The van der Waals surface area contributed by atoms with Crippen LogP contribution in [0.1, 0.15) is 23.7 Å². The van der Waals surface area contributed by atoms with E-state index in [-0.39, 0.29) is 29.2 Å². The number of amides is 1. The number of hydrogen-bond acceptors (Lipinski definition) is 4. The quantitative estimate of drug-likeness (QED) is 0.847. The molecule has 1 rings (SSSR count). The molecule has 0 spiro atoms. The molecule has 110 valence electrons. The average Bonchev–Trinajstić information content (AvgIpc) is 2.44. The van der Waals surface area contributed by atoms with Crippen LogP contribution in [0.4, 0.5) is 0 Å². The molecule has 0 saturated carbocycles. The number of carbonyl (C=O) groups is 2. The Morgan fingerprint density at radius 2 is 1.95 bits per heavy atom. The van der Waals surface area contributed by atoms with E-state index in [1.165, 1.54) is 43.1 Å². The largest absolute Gasteiger partial charge is 0.481 e. The van der Waals surface area contributed by atoms with Crippen molar-refractivity contribution in [2.75, 3.05) is 19.3 Å². The molecule has 0 unspecified atom stereocenters. The van der Waals surface area contributed by atoms with Gasteiger partial charge in [-0.15, -0.1) is 0 Å². The highest BCUT2D eigenvalue weighted by molar-refractivity contribution is 7.91. The van der Waals surface area contributed by atoms with Crippen molar-refractivity contribution in [2.24, 2.45) is 0 Å². The number of nitrogens with zero attached hydrogens (tertiary/aromatic N) is 1. The zero-order valence-corrected chi connectivity index (χ0v) is 12.2. The van der Waals surface area contributed by atoms with E-state index in [2.05, 4.69) is 0 Å². The molecule has 0 aliphatic carbocycles. The Kier molecular flexibility index (Phi) is 5.26. The smallest absolute Gasteiger partial charge is 0.305 e. The summed E-state index contributed by atoms with van der Waals surface area (Å²) in [5.74, 6) is -1.44. The number of carbonyl (C=O) groups excluding carboxylic acids is 1. The number of carboxylic acid groups (broad SMARTS) is 1. The third-order valence-electron chi connectivity index (χ3n) is 2.83. The SMILES string of the molecule is CCS(=O)(=O)c1cccc(C(=O)N(C)CCC(=O)O)c1. The third-order valence-corrected chi connectivity index (χ3v) is 4.56. The Morgan fingerprint density at radius 1 is 1.30 bits per heavy atom. The summed E-state index contributed by atoms with van der Waals surface area (Å²) in [6.07, 6.45) is -0.158. The Morgan fingerprint density at radius 3 is 2.50 bits per heavy atom. The summed E-state index contributed by atoms with van der Waals surface area (Å²) >= 11 is 0. The summed E-state index contributed by atoms with van der Waals surface area (Å²) in [7, 11) is -1.89. The van der Waals surface area contributed by atoms with Crippen molar-refractivity contribution < 1.29 is 23.1 Å². The van der Waals surface area contributed by atoms with Gasteiger partial charge in [-0.05, 0) is 18.2 Å². The predicted molar refractivity (Wildman–Crippen MR) is 73.4 cm³/mol. The van der Waals surface area contributed by atoms with Crippen molar-refractivity contribution in [3.8, 4) is 0 Å². The minimum absolute atomic E-state index is 0.0422. The van der Waals surface area contributed by atoms with Gasteiger partial charge in [0.25, 0.3) is 5.91 Å².